The van der Waals surface area contributed by atoms with Gasteiger partial charge in [0.05, 0.1) is 28.1 Å². The summed E-state index contributed by atoms with van der Waals surface area (Å²) in [5.74, 6) is 0. The van der Waals surface area contributed by atoms with Crippen LogP contribution in [0.2, 0.25) is 0 Å². The highest BCUT2D eigenvalue weighted by atomic mass is 15.2. The molecule has 0 aliphatic heterocycles. The van der Waals surface area contributed by atoms with Crippen molar-refractivity contribution in [3.8, 4) is 39.1 Å². The lowest BCUT2D eigenvalue weighted by molar-refractivity contribution is 0.660. The second kappa shape index (κ2) is 16.7. The van der Waals surface area contributed by atoms with Crippen molar-refractivity contribution < 1.29 is 0 Å². The molecular weight excluding hydrogens is 847 g/mol. The Morgan fingerprint density at radius 1 is 0.343 bits per heavy atom. The third kappa shape index (κ3) is 6.65. The van der Waals surface area contributed by atoms with Gasteiger partial charge < -0.3 is 14.4 Å². The van der Waals surface area contributed by atoms with Crippen molar-refractivity contribution in [1.82, 2.24) is 4.57 Å². The van der Waals surface area contributed by atoms with E-state index in [1.165, 1.54) is 43.8 Å². The molecule has 0 amide bonds. The van der Waals surface area contributed by atoms with Gasteiger partial charge in [0.25, 0.3) is 0 Å². The number of rotatable bonds is 9. The van der Waals surface area contributed by atoms with Crippen LogP contribution in [0.15, 0.2) is 261 Å². The van der Waals surface area contributed by atoms with Crippen LogP contribution in [0.1, 0.15) is 25.0 Å². The van der Waals surface area contributed by atoms with Gasteiger partial charge in [-0.3, -0.25) is 0 Å². The fourth-order valence-electron chi connectivity index (χ4n) is 11.3. The topological polar surface area (TPSA) is 11.4 Å². The normalized spacial score (nSPS) is 12.5. The van der Waals surface area contributed by atoms with Crippen molar-refractivity contribution in [1.29, 1.82) is 0 Å². The summed E-state index contributed by atoms with van der Waals surface area (Å²) in [5.41, 5.74) is 19.7. The molecule has 70 heavy (non-hydrogen) atoms. The summed E-state index contributed by atoms with van der Waals surface area (Å²) in [7, 11) is 0. The Morgan fingerprint density at radius 2 is 0.900 bits per heavy atom. The van der Waals surface area contributed by atoms with Gasteiger partial charge in [-0.15, -0.1) is 0 Å². The van der Waals surface area contributed by atoms with Crippen LogP contribution in [0.3, 0.4) is 0 Å². The van der Waals surface area contributed by atoms with E-state index < -0.39 is 0 Å². The monoisotopic (exact) mass is 895 g/mol. The summed E-state index contributed by atoms with van der Waals surface area (Å²) in [6.45, 7) is 4.75. The van der Waals surface area contributed by atoms with E-state index in [1.807, 2.05) is 0 Å². The molecule has 0 saturated heterocycles. The SMILES string of the molecule is CC1(C)c2ccccc2-c2ccc(N(c3ccccc3-c3ccccc3)c3c(-c4ccc(N(c5ccccc5)c5cccc6ccccc56)cc4)ccc4c5ccccc5n(-c5ccccc5)c34)cc21. The van der Waals surface area contributed by atoms with Gasteiger partial charge in [-0.1, -0.05) is 208 Å². The Labute approximate surface area is 409 Å². The number of hydrogen-bond donors (Lipinski definition) is 0. The molecule has 0 saturated carbocycles. The minimum Gasteiger partial charge on any atom is -0.310 e. The summed E-state index contributed by atoms with van der Waals surface area (Å²) < 4.78 is 2.49. The third-order valence-corrected chi connectivity index (χ3v) is 14.6. The first-order chi connectivity index (χ1) is 34.5. The van der Waals surface area contributed by atoms with Crippen LogP contribution in [0.4, 0.5) is 34.1 Å². The molecule has 13 rings (SSSR count). The minimum absolute atomic E-state index is 0.204. The largest absolute Gasteiger partial charge is 0.310 e. The number of fused-ring (bicyclic) bond motifs is 7. The Bertz CT molecular complexity index is 3900. The summed E-state index contributed by atoms with van der Waals surface area (Å²) in [6.07, 6.45) is 0. The quantitative estimate of drug-likeness (QED) is 0.143. The number of benzene rings is 11. The van der Waals surface area contributed by atoms with Crippen LogP contribution in [0.5, 0.6) is 0 Å². The Balaban J connectivity index is 1.12. The smallest absolute Gasteiger partial charge is 0.0788 e. The van der Waals surface area contributed by atoms with Gasteiger partial charge in [0.2, 0.25) is 0 Å². The van der Waals surface area contributed by atoms with Crippen molar-refractivity contribution in [2.45, 2.75) is 19.3 Å². The third-order valence-electron chi connectivity index (χ3n) is 14.6. The molecule has 11 aromatic carbocycles. The van der Waals surface area contributed by atoms with E-state index in [4.69, 9.17) is 0 Å². The summed E-state index contributed by atoms with van der Waals surface area (Å²) in [6, 6.07) is 95.6. The minimum atomic E-state index is -0.204. The predicted molar refractivity (Wildman–Crippen MR) is 296 cm³/mol. The molecule has 0 spiro atoms. The second-order valence-corrected chi connectivity index (χ2v) is 18.9. The van der Waals surface area contributed by atoms with E-state index in [0.717, 1.165) is 73.1 Å². The summed E-state index contributed by atoms with van der Waals surface area (Å²) >= 11 is 0. The number of nitrogens with zero attached hydrogens (tertiary/aromatic N) is 3. The molecule has 1 aromatic heterocycles. The fraction of sp³-hybridized carbons (Fsp3) is 0.0448. The Morgan fingerprint density at radius 3 is 1.70 bits per heavy atom. The van der Waals surface area contributed by atoms with Crippen LogP contribution in [0, 0.1) is 0 Å². The van der Waals surface area contributed by atoms with Gasteiger partial charge in [-0.05, 0) is 105 Å². The molecule has 3 heteroatoms. The van der Waals surface area contributed by atoms with Gasteiger partial charge in [-0.25, -0.2) is 0 Å². The first-order valence-electron chi connectivity index (χ1n) is 24.3. The second-order valence-electron chi connectivity index (χ2n) is 18.9. The maximum absolute atomic E-state index is 2.57. The Hall–Kier alpha value is -8.92. The molecule has 12 aromatic rings. The van der Waals surface area contributed by atoms with E-state index in [-0.39, 0.29) is 5.41 Å². The lowest BCUT2D eigenvalue weighted by Gasteiger charge is -2.32. The predicted octanol–water partition coefficient (Wildman–Crippen LogP) is 18.5. The van der Waals surface area contributed by atoms with Crippen molar-refractivity contribution in [2.75, 3.05) is 9.80 Å². The van der Waals surface area contributed by atoms with E-state index in [0.29, 0.717) is 0 Å². The highest BCUT2D eigenvalue weighted by Gasteiger charge is 2.36. The first kappa shape index (κ1) is 41.3. The van der Waals surface area contributed by atoms with Crippen LogP contribution >= 0.6 is 0 Å². The standard InChI is InChI=1S/C67H49N3/c1-67(2)60-33-17-14-31-56(60)57-42-41-52(45-61(57)67)70(63-34-18-15-30-54(63)46-21-6-3-7-22-46)65-55(43-44-59-58-32-16-19-35-64(58)69(66(59)65)50-27-10-5-11-28-50)48-37-39-51(40-38-48)68(49-25-8-4-9-26-49)62-36-20-24-47-23-12-13-29-53(47)62/h3-45H,1-2H3. The van der Waals surface area contributed by atoms with Crippen LogP contribution in [0.25, 0.3) is 71.6 Å². The molecule has 3 nitrogen and oxygen atoms in total. The highest BCUT2D eigenvalue weighted by Crippen LogP contribution is 2.54. The van der Waals surface area contributed by atoms with E-state index in [9.17, 15) is 0 Å². The zero-order valence-electron chi connectivity index (χ0n) is 39.2. The number of aromatic nitrogens is 1. The van der Waals surface area contributed by atoms with E-state index in [2.05, 4.69) is 289 Å². The summed E-state index contributed by atoms with van der Waals surface area (Å²) in [5, 5.41) is 4.81. The van der Waals surface area contributed by atoms with Gasteiger partial charge in [0.15, 0.2) is 0 Å². The summed E-state index contributed by atoms with van der Waals surface area (Å²) in [4.78, 5) is 4.95. The maximum atomic E-state index is 2.57. The van der Waals surface area contributed by atoms with Gasteiger partial charge in [-0.2, -0.15) is 0 Å². The van der Waals surface area contributed by atoms with Crippen LogP contribution in [-0.4, -0.2) is 4.57 Å². The number of para-hydroxylation sites is 4. The van der Waals surface area contributed by atoms with Gasteiger partial charge >= 0.3 is 0 Å². The zero-order valence-corrected chi connectivity index (χ0v) is 39.2. The average Bonchev–Trinajstić information content (AvgIpc) is 3.88. The van der Waals surface area contributed by atoms with E-state index in [1.54, 1.807) is 0 Å². The fourth-order valence-corrected chi connectivity index (χ4v) is 11.3. The molecule has 1 aliphatic rings. The molecule has 0 bridgehead atoms. The molecule has 0 N–H and O–H groups in total. The molecule has 1 aliphatic carbocycles. The van der Waals surface area contributed by atoms with E-state index >= 15 is 0 Å². The molecule has 332 valence electrons. The van der Waals surface area contributed by atoms with Crippen molar-refractivity contribution in [3.05, 3.63) is 272 Å². The van der Waals surface area contributed by atoms with Crippen molar-refractivity contribution >= 4 is 66.7 Å². The lowest BCUT2D eigenvalue weighted by Crippen LogP contribution is -2.17. The van der Waals surface area contributed by atoms with Crippen LogP contribution in [-0.2, 0) is 5.41 Å². The van der Waals surface area contributed by atoms with Crippen LogP contribution < -0.4 is 9.80 Å². The Kier molecular flexibility index (Phi) is 9.85. The van der Waals surface area contributed by atoms with Gasteiger partial charge in [0, 0.05) is 55.5 Å². The first-order valence-corrected chi connectivity index (χ1v) is 24.3. The van der Waals surface area contributed by atoms with Crippen molar-refractivity contribution in [3.63, 3.8) is 0 Å². The zero-order chi connectivity index (χ0) is 46.8. The average molecular weight is 896 g/mol. The highest BCUT2D eigenvalue weighted by molar-refractivity contribution is 6.18. The molecule has 0 fully saturated rings. The molecule has 0 radical (unpaired) electrons. The maximum Gasteiger partial charge on any atom is 0.0788 e. The number of anilines is 6. The molecular formula is C67H49N3. The number of hydrogen-bond acceptors (Lipinski definition) is 2. The van der Waals surface area contributed by atoms with Crippen molar-refractivity contribution in [2.24, 2.45) is 0 Å². The molecule has 0 unspecified atom stereocenters. The lowest BCUT2D eigenvalue weighted by atomic mass is 9.82. The molecule has 1 heterocycles. The molecule has 0 atom stereocenters. The van der Waals surface area contributed by atoms with Gasteiger partial charge in [0.1, 0.15) is 0 Å².